The summed E-state index contributed by atoms with van der Waals surface area (Å²) in [6.45, 7) is 0. The van der Waals surface area contributed by atoms with Crippen molar-refractivity contribution in [1.29, 1.82) is 0 Å². The summed E-state index contributed by atoms with van der Waals surface area (Å²) in [6.07, 6.45) is 0.598. The van der Waals surface area contributed by atoms with Gasteiger partial charge in [0.1, 0.15) is 0 Å². The van der Waals surface area contributed by atoms with Crippen LogP contribution >= 0.6 is 0 Å². The molecule has 2 atom stereocenters. The maximum absolute atomic E-state index is 13.3. The number of carboxylic acid groups (broad SMARTS) is 1. The first-order valence-electron chi connectivity index (χ1n) is 4.69. The van der Waals surface area contributed by atoms with Crippen molar-refractivity contribution in [2.75, 3.05) is 7.11 Å². The fourth-order valence-corrected chi connectivity index (χ4v) is 1.75. The van der Waals surface area contributed by atoms with Gasteiger partial charge >= 0.3 is 5.97 Å². The lowest BCUT2D eigenvalue weighted by Crippen LogP contribution is -1.99. The van der Waals surface area contributed by atoms with Gasteiger partial charge in [-0.2, -0.15) is 0 Å². The second kappa shape index (κ2) is 3.53. The summed E-state index contributed by atoms with van der Waals surface area (Å²) in [4.78, 5) is 10.6. The van der Waals surface area contributed by atoms with Gasteiger partial charge in [0.2, 0.25) is 0 Å². The largest absolute Gasteiger partial charge is 0.494 e. The van der Waals surface area contributed by atoms with E-state index in [9.17, 15) is 9.18 Å². The molecule has 1 unspecified atom stereocenters. The average molecular weight is 210 g/mol. The Morgan fingerprint density at radius 1 is 1.60 bits per heavy atom. The highest BCUT2D eigenvalue weighted by Crippen LogP contribution is 2.48. The SMILES string of the molecule is COc1ccc(C2C[C@@H]2C(=O)O)cc1F. The summed E-state index contributed by atoms with van der Waals surface area (Å²) in [6, 6.07) is 4.60. The van der Waals surface area contributed by atoms with Crippen molar-refractivity contribution < 1.29 is 19.0 Å². The van der Waals surface area contributed by atoms with E-state index in [2.05, 4.69) is 0 Å². The van der Waals surface area contributed by atoms with Crippen LogP contribution in [0.4, 0.5) is 4.39 Å². The lowest BCUT2D eigenvalue weighted by molar-refractivity contribution is -0.138. The van der Waals surface area contributed by atoms with Gasteiger partial charge in [-0.15, -0.1) is 0 Å². The highest BCUT2D eigenvalue weighted by molar-refractivity contribution is 5.75. The molecule has 1 saturated carbocycles. The molecule has 4 heteroatoms. The van der Waals surface area contributed by atoms with E-state index in [0.717, 1.165) is 5.56 Å². The summed E-state index contributed by atoms with van der Waals surface area (Å²) in [5, 5.41) is 8.74. The fraction of sp³-hybridized carbons (Fsp3) is 0.364. The summed E-state index contributed by atoms with van der Waals surface area (Å²) >= 11 is 0. The third-order valence-electron chi connectivity index (χ3n) is 2.71. The number of ether oxygens (including phenoxy) is 1. The van der Waals surface area contributed by atoms with Crippen molar-refractivity contribution in [3.63, 3.8) is 0 Å². The Morgan fingerprint density at radius 3 is 2.80 bits per heavy atom. The van der Waals surface area contributed by atoms with Gasteiger partial charge in [0.25, 0.3) is 0 Å². The van der Waals surface area contributed by atoms with Crippen molar-refractivity contribution in [3.8, 4) is 5.75 Å². The van der Waals surface area contributed by atoms with Crippen LogP contribution in [0.25, 0.3) is 0 Å². The van der Waals surface area contributed by atoms with Gasteiger partial charge in [-0.05, 0) is 30.0 Å². The third kappa shape index (κ3) is 1.79. The molecule has 1 fully saturated rings. The van der Waals surface area contributed by atoms with Gasteiger partial charge in [-0.1, -0.05) is 6.07 Å². The maximum atomic E-state index is 13.3. The van der Waals surface area contributed by atoms with Crippen molar-refractivity contribution in [1.82, 2.24) is 0 Å². The molecule has 0 saturated heterocycles. The lowest BCUT2D eigenvalue weighted by Gasteiger charge is -2.03. The average Bonchev–Trinajstić information content (AvgIpc) is 2.97. The zero-order valence-electron chi connectivity index (χ0n) is 8.24. The molecular formula is C11H11FO3. The highest BCUT2D eigenvalue weighted by Gasteiger charge is 2.44. The fourth-order valence-electron chi connectivity index (χ4n) is 1.75. The Kier molecular flexibility index (Phi) is 2.34. The Morgan fingerprint density at radius 2 is 2.33 bits per heavy atom. The van der Waals surface area contributed by atoms with Crippen LogP contribution in [0.5, 0.6) is 5.75 Å². The summed E-state index contributed by atoms with van der Waals surface area (Å²) in [7, 11) is 1.40. The first-order valence-corrected chi connectivity index (χ1v) is 4.69. The molecule has 0 radical (unpaired) electrons. The Hall–Kier alpha value is -1.58. The number of carbonyl (C=O) groups is 1. The zero-order valence-corrected chi connectivity index (χ0v) is 8.24. The van der Waals surface area contributed by atoms with Crippen LogP contribution in [0.15, 0.2) is 18.2 Å². The van der Waals surface area contributed by atoms with E-state index < -0.39 is 11.8 Å². The van der Waals surface area contributed by atoms with Crippen molar-refractivity contribution in [2.45, 2.75) is 12.3 Å². The summed E-state index contributed by atoms with van der Waals surface area (Å²) in [5.41, 5.74) is 0.737. The van der Waals surface area contributed by atoms with Crippen LogP contribution in [0.1, 0.15) is 17.9 Å². The molecule has 0 bridgehead atoms. The second-order valence-corrected chi connectivity index (χ2v) is 3.68. The molecule has 1 aliphatic rings. The Balaban J connectivity index is 2.18. The van der Waals surface area contributed by atoms with Crippen molar-refractivity contribution in [3.05, 3.63) is 29.6 Å². The molecule has 0 aromatic heterocycles. The van der Waals surface area contributed by atoms with Crippen molar-refractivity contribution in [2.24, 2.45) is 5.92 Å². The van der Waals surface area contributed by atoms with Gasteiger partial charge < -0.3 is 9.84 Å². The molecule has 0 heterocycles. The van der Waals surface area contributed by atoms with Crippen molar-refractivity contribution >= 4 is 5.97 Å². The molecule has 80 valence electrons. The minimum atomic E-state index is -0.809. The van der Waals surface area contributed by atoms with Gasteiger partial charge in [0.15, 0.2) is 11.6 Å². The molecule has 0 aliphatic heterocycles. The minimum Gasteiger partial charge on any atom is -0.494 e. The third-order valence-corrected chi connectivity index (χ3v) is 2.71. The number of halogens is 1. The van der Waals surface area contributed by atoms with Crippen LogP contribution in [0.2, 0.25) is 0 Å². The predicted molar refractivity (Wildman–Crippen MR) is 51.4 cm³/mol. The van der Waals surface area contributed by atoms with Crippen LogP contribution in [-0.4, -0.2) is 18.2 Å². The van der Waals surface area contributed by atoms with Gasteiger partial charge in [-0.25, -0.2) is 4.39 Å². The zero-order chi connectivity index (χ0) is 11.0. The van der Waals surface area contributed by atoms with Gasteiger partial charge in [0.05, 0.1) is 13.0 Å². The number of hydrogen-bond donors (Lipinski definition) is 1. The van der Waals surface area contributed by atoms with Crippen LogP contribution in [0.3, 0.4) is 0 Å². The predicted octanol–water partition coefficient (Wildman–Crippen LogP) is 2.02. The first kappa shape index (κ1) is 9.96. The molecule has 0 amide bonds. The number of rotatable bonds is 3. The van der Waals surface area contributed by atoms with E-state index in [-0.39, 0.29) is 17.6 Å². The van der Waals surface area contributed by atoms with Crippen LogP contribution in [-0.2, 0) is 4.79 Å². The standard InChI is InChI=1S/C11H11FO3/c1-15-10-3-2-6(4-9(10)12)7-5-8(7)11(13)14/h2-4,7-8H,5H2,1H3,(H,13,14)/t7?,8-/m0/s1. The first-order chi connectivity index (χ1) is 7.13. The molecule has 1 aromatic carbocycles. The Bertz CT molecular complexity index is 403. The monoisotopic (exact) mass is 210 g/mol. The number of carboxylic acids is 1. The summed E-state index contributed by atoms with van der Waals surface area (Å²) < 4.78 is 18.1. The van der Waals surface area contributed by atoms with E-state index in [1.54, 1.807) is 6.07 Å². The number of hydrogen-bond acceptors (Lipinski definition) is 2. The molecule has 1 N–H and O–H groups in total. The molecule has 1 aliphatic carbocycles. The molecule has 2 rings (SSSR count). The normalized spacial score (nSPS) is 23.6. The van der Waals surface area contributed by atoms with E-state index in [4.69, 9.17) is 9.84 Å². The molecule has 3 nitrogen and oxygen atoms in total. The molecule has 15 heavy (non-hydrogen) atoms. The smallest absolute Gasteiger partial charge is 0.307 e. The van der Waals surface area contributed by atoms with E-state index in [1.807, 2.05) is 0 Å². The lowest BCUT2D eigenvalue weighted by atomic mass is 10.1. The van der Waals surface area contributed by atoms with Gasteiger partial charge in [-0.3, -0.25) is 4.79 Å². The van der Waals surface area contributed by atoms with Gasteiger partial charge in [0, 0.05) is 0 Å². The molecular weight excluding hydrogens is 199 g/mol. The second-order valence-electron chi connectivity index (χ2n) is 3.68. The van der Waals surface area contributed by atoms with E-state index >= 15 is 0 Å². The topological polar surface area (TPSA) is 46.5 Å². The van der Waals surface area contributed by atoms with E-state index in [1.165, 1.54) is 19.2 Å². The maximum Gasteiger partial charge on any atom is 0.307 e. The number of methoxy groups -OCH3 is 1. The molecule has 1 aromatic rings. The number of benzene rings is 1. The quantitative estimate of drug-likeness (QED) is 0.830. The number of aliphatic carboxylic acids is 1. The molecule has 0 spiro atoms. The highest BCUT2D eigenvalue weighted by atomic mass is 19.1. The van der Waals surface area contributed by atoms with Crippen LogP contribution < -0.4 is 4.74 Å². The van der Waals surface area contributed by atoms with E-state index in [0.29, 0.717) is 6.42 Å². The minimum absolute atomic E-state index is 0.0390. The summed E-state index contributed by atoms with van der Waals surface area (Å²) in [5.74, 6) is -1.45. The Labute approximate surface area is 86.5 Å². The van der Waals surface area contributed by atoms with Crippen LogP contribution in [0, 0.1) is 11.7 Å².